The third-order valence-corrected chi connectivity index (χ3v) is 4.48. The first-order valence-electron chi connectivity index (χ1n) is 8.84. The van der Waals surface area contributed by atoms with Crippen molar-refractivity contribution in [2.45, 2.75) is 6.92 Å². The van der Waals surface area contributed by atoms with Crippen molar-refractivity contribution in [1.82, 2.24) is 9.72 Å². The topological polar surface area (TPSA) is 77.1 Å². The summed E-state index contributed by atoms with van der Waals surface area (Å²) in [6.45, 7) is 1.86. The summed E-state index contributed by atoms with van der Waals surface area (Å²) in [7, 11) is 0. The van der Waals surface area contributed by atoms with Crippen LogP contribution in [0.2, 0.25) is 0 Å². The highest BCUT2D eigenvalue weighted by Gasteiger charge is 2.24. The normalized spacial score (nSPS) is 10.7. The van der Waals surface area contributed by atoms with E-state index in [1.165, 1.54) is 24.3 Å². The Balaban J connectivity index is 1.87. The van der Waals surface area contributed by atoms with Crippen LogP contribution in [0.1, 0.15) is 5.56 Å². The molecule has 2 aromatic carbocycles. The zero-order valence-corrected chi connectivity index (χ0v) is 15.4. The number of hydrogen-bond donors (Lipinski definition) is 1. The van der Waals surface area contributed by atoms with Crippen LogP contribution >= 0.6 is 0 Å². The number of nitrogens with one attached hydrogen (secondary N) is 1. The molecule has 144 valence electrons. The van der Waals surface area contributed by atoms with Gasteiger partial charge in [-0.05, 0) is 48.4 Å². The minimum absolute atomic E-state index is 0.163. The minimum Gasteiger partial charge on any atom is -0.326 e. The van der Waals surface area contributed by atoms with Crippen LogP contribution < -0.4 is 10.9 Å². The van der Waals surface area contributed by atoms with Crippen LogP contribution in [0.4, 0.5) is 14.9 Å². The number of amides is 1. The van der Waals surface area contributed by atoms with E-state index in [1.807, 2.05) is 19.1 Å². The molecule has 1 amide bonds. The lowest BCUT2D eigenvalue weighted by Gasteiger charge is -2.10. The van der Waals surface area contributed by atoms with Gasteiger partial charge in [0.15, 0.2) is 0 Å². The van der Waals surface area contributed by atoms with E-state index in [2.05, 4.69) is 10.3 Å². The van der Waals surface area contributed by atoms with Gasteiger partial charge in [0, 0.05) is 23.6 Å². The second kappa shape index (κ2) is 7.55. The minimum atomic E-state index is -0.705. The summed E-state index contributed by atoms with van der Waals surface area (Å²) in [5, 5.41) is 2.75. The summed E-state index contributed by atoms with van der Waals surface area (Å²) in [6.07, 6.45) is 3.09. The molecule has 0 saturated heterocycles. The van der Waals surface area contributed by atoms with E-state index in [0.29, 0.717) is 16.8 Å². The molecule has 2 aromatic heterocycles. The van der Waals surface area contributed by atoms with Crippen molar-refractivity contribution in [3.05, 3.63) is 94.9 Å². The molecule has 0 bridgehead atoms. The van der Waals surface area contributed by atoms with E-state index < -0.39 is 17.5 Å². The first-order valence-corrected chi connectivity index (χ1v) is 8.84. The second-order valence-corrected chi connectivity index (χ2v) is 6.38. The second-order valence-electron chi connectivity index (χ2n) is 6.38. The molecule has 29 heavy (non-hydrogen) atoms. The Hall–Kier alpha value is -4.00. The molecule has 0 saturated carbocycles. The van der Waals surface area contributed by atoms with E-state index in [4.69, 9.17) is 4.52 Å². The SMILES string of the molecule is Cc1ccccc1NC(=O)n1oc(=O)c(-c2ccc(F)cc2)c1-c1ccncc1. The molecule has 0 fully saturated rings. The number of para-hydroxylation sites is 1. The Bertz CT molecular complexity index is 1230. The van der Waals surface area contributed by atoms with Crippen molar-refractivity contribution in [3.8, 4) is 22.4 Å². The molecule has 0 radical (unpaired) electrons. The highest BCUT2D eigenvalue weighted by atomic mass is 19.1. The molecular weight excluding hydrogens is 373 g/mol. The van der Waals surface area contributed by atoms with Crippen LogP contribution in [0.25, 0.3) is 22.4 Å². The fraction of sp³-hybridized carbons (Fsp3) is 0.0455. The number of anilines is 1. The Morgan fingerprint density at radius 3 is 2.38 bits per heavy atom. The Kier molecular flexibility index (Phi) is 4.78. The average Bonchev–Trinajstić information content (AvgIpc) is 3.08. The maximum Gasteiger partial charge on any atom is 0.366 e. The number of carbonyl (C=O) groups is 1. The van der Waals surface area contributed by atoms with Crippen LogP contribution in [0, 0.1) is 12.7 Å². The standard InChI is InChI=1S/C22H16FN3O3/c1-14-4-2-3-5-18(14)25-22(28)26-20(16-10-12-24-13-11-16)19(21(27)29-26)15-6-8-17(23)9-7-15/h2-13H,1H3,(H,25,28). The van der Waals surface area contributed by atoms with E-state index >= 15 is 0 Å². The number of rotatable bonds is 3. The van der Waals surface area contributed by atoms with Crippen molar-refractivity contribution >= 4 is 11.7 Å². The predicted molar refractivity (Wildman–Crippen MR) is 107 cm³/mol. The Morgan fingerprint density at radius 1 is 1.00 bits per heavy atom. The smallest absolute Gasteiger partial charge is 0.326 e. The predicted octanol–water partition coefficient (Wildman–Crippen LogP) is 4.70. The number of halogens is 1. The summed E-state index contributed by atoms with van der Waals surface area (Å²) in [5.74, 6) is -0.430. The number of pyridine rings is 1. The number of carbonyl (C=O) groups excluding carboxylic acids is 1. The van der Waals surface area contributed by atoms with Crippen molar-refractivity contribution in [2.24, 2.45) is 0 Å². The van der Waals surface area contributed by atoms with Crippen LogP contribution in [0.15, 0.2) is 82.4 Å². The zero-order chi connectivity index (χ0) is 20.4. The largest absolute Gasteiger partial charge is 0.366 e. The van der Waals surface area contributed by atoms with Gasteiger partial charge in [0.05, 0.1) is 5.56 Å². The lowest BCUT2D eigenvalue weighted by Crippen LogP contribution is -2.20. The summed E-state index contributed by atoms with van der Waals surface area (Å²) < 4.78 is 19.6. The van der Waals surface area contributed by atoms with Gasteiger partial charge in [-0.1, -0.05) is 30.3 Å². The summed E-state index contributed by atoms with van der Waals surface area (Å²) in [4.78, 5) is 29.6. The molecule has 4 rings (SSSR count). The molecule has 7 heteroatoms. The van der Waals surface area contributed by atoms with Crippen molar-refractivity contribution in [2.75, 3.05) is 5.32 Å². The van der Waals surface area contributed by atoms with Gasteiger partial charge in [-0.3, -0.25) is 4.98 Å². The van der Waals surface area contributed by atoms with Gasteiger partial charge in [-0.15, -0.1) is 4.74 Å². The molecule has 0 unspecified atom stereocenters. The highest BCUT2D eigenvalue weighted by molar-refractivity contribution is 5.96. The number of aromatic nitrogens is 2. The van der Waals surface area contributed by atoms with Crippen LogP contribution in [0.3, 0.4) is 0 Å². The average molecular weight is 389 g/mol. The summed E-state index contributed by atoms with van der Waals surface area (Å²) >= 11 is 0. The lowest BCUT2D eigenvalue weighted by molar-refractivity contribution is 0.220. The molecule has 0 aliphatic heterocycles. The van der Waals surface area contributed by atoms with Gasteiger partial charge < -0.3 is 9.84 Å². The fourth-order valence-corrected chi connectivity index (χ4v) is 3.04. The maximum atomic E-state index is 13.4. The van der Waals surface area contributed by atoms with Crippen LogP contribution in [-0.2, 0) is 0 Å². The van der Waals surface area contributed by atoms with Gasteiger partial charge in [-0.2, -0.15) is 0 Å². The van der Waals surface area contributed by atoms with E-state index in [-0.39, 0.29) is 11.3 Å². The highest BCUT2D eigenvalue weighted by Crippen LogP contribution is 2.30. The Morgan fingerprint density at radius 2 is 1.69 bits per heavy atom. The van der Waals surface area contributed by atoms with Crippen LogP contribution in [0.5, 0.6) is 0 Å². The third-order valence-electron chi connectivity index (χ3n) is 4.48. The first kappa shape index (κ1) is 18.4. The molecule has 0 atom stereocenters. The number of benzene rings is 2. The van der Waals surface area contributed by atoms with E-state index in [1.54, 1.807) is 36.7 Å². The fourth-order valence-electron chi connectivity index (χ4n) is 3.04. The maximum absolute atomic E-state index is 13.4. The molecule has 2 heterocycles. The van der Waals surface area contributed by atoms with Crippen molar-refractivity contribution in [1.29, 1.82) is 0 Å². The quantitative estimate of drug-likeness (QED) is 0.551. The number of nitrogens with zero attached hydrogens (tertiary/aromatic N) is 2. The van der Waals surface area contributed by atoms with E-state index in [0.717, 1.165) is 10.3 Å². The molecule has 0 aliphatic rings. The third kappa shape index (κ3) is 3.58. The first-order chi connectivity index (χ1) is 14.0. The summed E-state index contributed by atoms with van der Waals surface area (Å²) in [5.41, 5.74) is 2.17. The molecule has 4 aromatic rings. The zero-order valence-electron chi connectivity index (χ0n) is 15.4. The van der Waals surface area contributed by atoms with Crippen LogP contribution in [-0.4, -0.2) is 15.8 Å². The molecule has 0 aliphatic carbocycles. The molecular formula is C22H16FN3O3. The lowest BCUT2D eigenvalue weighted by atomic mass is 10.0. The van der Waals surface area contributed by atoms with E-state index in [9.17, 15) is 14.0 Å². The number of hydrogen-bond acceptors (Lipinski definition) is 4. The van der Waals surface area contributed by atoms with Gasteiger partial charge in [0.1, 0.15) is 11.5 Å². The molecule has 6 nitrogen and oxygen atoms in total. The van der Waals surface area contributed by atoms with Crippen molar-refractivity contribution < 1.29 is 13.7 Å². The van der Waals surface area contributed by atoms with Gasteiger partial charge in [0.25, 0.3) is 0 Å². The molecule has 0 spiro atoms. The van der Waals surface area contributed by atoms with Gasteiger partial charge >= 0.3 is 11.7 Å². The van der Waals surface area contributed by atoms with Crippen molar-refractivity contribution in [3.63, 3.8) is 0 Å². The van der Waals surface area contributed by atoms with Gasteiger partial charge in [-0.25, -0.2) is 14.0 Å². The monoisotopic (exact) mass is 389 g/mol. The number of aryl methyl sites for hydroxylation is 1. The Labute approximate surface area is 165 Å². The summed E-state index contributed by atoms with van der Waals surface area (Å²) in [6, 6.07) is 15.4. The molecule has 1 N–H and O–H groups in total. The van der Waals surface area contributed by atoms with Gasteiger partial charge in [0.2, 0.25) is 0 Å².